The van der Waals surface area contributed by atoms with E-state index in [4.69, 9.17) is 0 Å². The van der Waals surface area contributed by atoms with Crippen LogP contribution in [-0.2, 0) is 9.59 Å². The van der Waals surface area contributed by atoms with Gasteiger partial charge in [0, 0.05) is 0 Å². The number of allylic oxidation sites excluding steroid dienone is 3. The highest BCUT2D eigenvalue weighted by Gasteiger charge is 2.74. The summed E-state index contributed by atoms with van der Waals surface area (Å²) < 4.78 is 0. The van der Waals surface area contributed by atoms with Gasteiger partial charge in [-0.25, -0.2) is 0 Å². The van der Waals surface area contributed by atoms with Crippen LogP contribution in [-0.4, -0.2) is 22.2 Å². The molecule has 0 saturated heterocycles. The Morgan fingerprint density at radius 2 is 1.82 bits per heavy atom. The van der Waals surface area contributed by atoms with Crippen LogP contribution in [0, 0.1) is 52.3 Å². The van der Waals surface area contributed by atoms with E-state index in [0.717, 1.165) is 12.3 Å². The largest absolute Gasteiger partial charge is 0.481 e. The zero-order chi connectivity index (χ0) is 20.4. The van der Waals surface area contributed by atoms with Crippen molar-refractivity contribution in [3.63, 3.8) is 0 Å². The first-order valence-corrected chi connectivity index (χ1v) is 11.0. The van der Waals surface area contributed by atoms with Gasteiger partial charge in [-0.1, -0.05) is 44.9 Å². The maximum absolute atomic E-state index is 11.9. The molecule has 0 amide bonds. The van der Waals surface area contributed by atoms with Crippen LogP contribution in [0.15, 0.2) is 24.3 Å². The highest BCUT2D eigenvalue weighted by Crippen LogP contribution is 2.82. The third kappa shape index (κ3) is 2.48. The van der Waals surface area contributed by atoms with Crippen LogP contribution in [0.2, 0.25) is 0 Å². The summed E-state index contributed by atoms with van der Waals surface area (Å²) in [4.78, 5) is 23.7. The molecule has 9 unspecified atom stereocenters. The second kappa shape index (κ2) is 6.47. The predicted octanol–water partition coefficient (Wildman–Crippen LogP) is 5.01. The molecule has 0 aromatic heterocycles. The fourth-order valence-corrected chi connectivity index (χ4v) is 8.14. The van der Waals surface area contributed by atoms with E-state index in [1.165, 1.54) is 31.3 Å². The molecule has 9 atom stereocenters. The van der Waals surface area contributed by atoms with Crippen LogP contribution >= 0.6 is 0 Å². The van der Waals surface area contributed by atoms with Crippen LogP contribution in [0.5, 0.6) is 0 Å². The van der Waals surface area contributed by atoms with Crippen molar-refractivity contribution in [3.8, 4) is 0 Å². The molecule has 1 spiro atoms. The zero-order valence-corrected chi connectivity index (χ0v) is 17.4. The number of carboxylic acid groups (broad SMARTS) is 2. The van der Waals surface area contributed by atoms with Gasteiger partial charge in [-0.2, -0.15) is 0 Å². The van der Waals surface area contributed by atoms with Crippen LogP contribution in [0.1, 0.15) is 59.3 Å². The van der Waals surface area contributed by atoms with Crippen LogP contribution in [0.4, 0.5) is 0 Å². The number of carbonyl (C=O) groups is 2. The number of hydrogen-bond donors (Lipinski definition) is 2. The molecule has 4 rings (SSSR count). The molecule has 0 aromatic rings. The van der Waals surface area contributed by atoms with E-state index in [2.05, 4.69) is 33.4 Å². The molecule has 4 fully saturated rings. The third-order valence-corrected chi connectivity index (χ3v) is 9.28. The summed E-state index contributed by atoms with van der Waals surface area (Å²) in [5, 5.41) is 19.4. The molecule has 4 aliphatic carbocycles. The fourth-order valence-electron chi connectivity index (χ4n) is 8.14. The molecular weight excluding hydrogens is 352 g/mol. The summed E-state index contributed by atoms with van der Waals surface area (Å²) in [5.41, 5.74) is 2.41. The van der Waals surface area contributed by atoms with Crippen molar-refractivity contribution in [3.05, 3.63) is 24.3 Å². The summed E-state index contributed by atoms with van der Waals surface area (Å²) in [7, 11) is 0. The normalized spacial score (nSPS) is 50.4. The van der Waals surface area contributed by atoms with Crippen molar-refractivity contribution in [2.24, 2.45) is 52.3 Å². The fraction of sp³-hybridized carbons (Fsp3) is 0.750. The summed E-state index contributed by atoms with van der Waals surface area (Å²) >= 11 is 0. The average molecular weight is 387 g/mol. The molecule has 28 heavy (non-hydrogen) atoms. The monoisotopic (exact) mass is 386 g/mol. The number of hydrogen-bond acceptors (Lipinski definition) is 2. The molecule has 154 valence electrons. The average Bonchev–Trinajstić information content (AvgIpc) is 2.97. The Morgan fingerprint density at radius 1 is 1.18 bits per heavy atom. The smallest absolute Gasteiger partial charge is 0.307 e. The second-order valence-electron chi connectivity index (χ2n) is 10.3. The standard InChI is InChI=1S/C24H34O4/c1-5-7-23(4)12-24(23)13(3)18-11-17(24)10-15(18)9-16-8-14(6-2)19(21(25)26)20(16)22(27)28/h6,9,13-14,16-20H,2,5,7-8,10-12H2,1,3-4H3,(H,25,26)(H,27,28)/b15-9+. The molecule has 2 N–H and O–H groups in total. The Hall–Kier alpha value is -1.58. The minimum Gasteiger partial charge on any atom is -0.481 e. The maximum atomic E-state index is 11.9. The summed E-state index contributed by atoms with van der Waals surface area (Å²) in [6.45, 7) is 10.9. The highest BCUT2D eigenvalue weighted by atomic mass is 16.4. The Balaban J connectivity index is 1.58. The topological polar surface area (TPSA) is 74.6 Å². The van der Waals surface area contributed by atoms with E-state index in [1.54, 1.807) is 6.08 Å². The van der Waals surface area contributed by atoms with E-state index in [0.29, 0.717) is 29.1 Å². The lowest BCUT2D eigenvalue weighted by molar-refractivity contribution is -0.153. The first-order chi connectivity index (χ1) is 13.2. The van der Waals surface area contributed by atoms with Crippen molar-refractivity contribution in [2.45, 2.75) is 59.3 Å². The van der Waals surface area contributed by atoms with Crippen LogP contribution in [0.3, 0.4) is 0 Å². The molecule has 4 aliphatic rings. The summed E-state index contributed by atoms with van der Waals surface area (Å²) in [6, 6.07) is 0. The lowest BCUT2D eigenvalue weighted by Gasteiger charge is -2.35. The van der Waals surface area contributed by atoms with Crippen molar-refractivity contribution in [1.29, 1.82) is 0 Å². The number of aliphatic carboxylic acids is 2. The van der Waals surface area contributed by atoms with Gasteiger partial charge in [-0.3, -0.25) is 9.59 Å². The summed E-state index contributed by atoms with van der Waals surface area (Å²) in [5.74, 6) is -2.22. The van der Waals surface area contributed by atoms with Crippen LogP contribution in [0.25, 0.3) is 0 Å². The SMILES string of the molecule is C=CC1CC(/C=C2\CC3CC2C(C)C32CC2(C)CCC)C(C(=O)O)C1C(=O)O. The Kier molecular flexibility index (Phi) is 4.55. The Bertz CT molecular complexity index is 735. The van der Waals surface area contributed by atoms with Crippen LogP contribution < -0.4 is 0 Å². The minimum atomic E-state index is -1.01. The lowest BCUT2D eigenvalue weighted by atomic mass is 9.69. The number of fused-ring (bicyclic) bond motifs is 3. The van der Waals surface area contributed by atoms with Gasteiger partial charge in [0.05, 0.1) is 11.8 Å². The van der Waals surface area contributed by atoms with Gasteiger partial charge in [0.1, 0.15) is 0 Å². The molecule has 2 bridgehead atoms. The van der Waals surface area contributed by atoms with E-state index in [-0.39, 0.29) is 11.8 Å². The lowest BCUT2D eigenvalue weighted by Crippen LogP contribution is -2.31. The molecule has 4 heteroatoms. The van der Waals surface area contributed by atoms with Crippen molar-refractivity contribution in [2.75, 3.05) is 0 Å². The van der Waals surface area contributed by atoms with E-state index in [9.17, 15) is 19.8 Å². The van der Waals surface area contributed by atoms with E-state index < -0.39 is 23.8 Å². The van der Waals surface area contributed by atoms with Gasteiger partial charge in [-0.05, 0) is 72.5 Å². The Labute approximate surface area is 168 Å². The quantitative estimate of drug-likeness (QED) is 0.629. The van der Waals surface area contributed by atoms with Crippen molar-refractivity contribution < 1.29 is 19.8 Å². The van der Waals surface area contributed by atoms with Gasteiger partial charge in [0.2, 0.25) is 0 Å². The first kappa shape index (κ1) is 19.7. The molecule has 4 saturated carbocycles. The highest BCUT2D eigenvalue weighted by molar-refractivity contribution is 5.82. The molecule has 0 aromatic carbocycles. The zero-order valence-electron chi connectivity index (χ0n) is 17.4. The van der Waals surface area contributed by atoms with Crippen molar-refractivity contribution >= 4 is 11.9 Å². The van der Waals surface area contributed by atoms with Crippen molar-refractivity contribution in [1.82, 2.24) is 0 Å². The first-order valence-electron chi connectivity index (χ1n) is 11.0. The van der Waals surface area contributed by atoms with Gasteiger partial charge in [0.25, 0.3) is 0 Å². The van der Waals surface area contributed by atoms with Gasteiger partial charge < -0.3 is 10.2 Å². The molecule has 0 aliphatic heterocycles. The van der Waals surface area contributed by atoms with Gasteiger partial charge in [0.15, 0.2) is 0 Å². The maximum Gasteiger partial charge on any atom is 0.307 e. The van der Waals surface area contributed by atoms with E-state index >= 15 is 0 Å². The van der Waals surface area contributed by atoms with Gasteiger partial charge in [-0.15, -0.1) is 6.58 Å². The molecule has 4 nitrogen and oxygen atoms in total. The molecule has 0 radical (unpaired) electrons. The predicted molar refractivity (Wildman–Crippen MR) is 108 cm³/mol. The number of carboxylic acids is 2. The summed E-state index contributed by atoms with van der Waals surface area (Å²) in [6.07, 6.45) is 10.7. The molecular formula is C24H34O4. The third-order valence-electron chi connectivity index (χ3n) is 9.28. The van der Waals surface area contributed by atoms with Gasteiger partial charge >= 0.3 is 11.9 Å². The second-order valence-corrected chi connectivity index (χ2v) is 10.3. The minimum absolute atomic E-state index is 0.194. The van der Waals surface area contributed by atoms with E-state index in [1.807, 2.05) is 0 Å². The number of rotatable bonds is 6. The molecule has 0 heterocycles. The Morgan fingerprint density at radius 3 is 2.36 bits per heavy atom.